The third-order valence-corrected chi connectivity index (χ3v) is 5.46. The molecule has 0 saturated carbocycles. The molecule has 7 heteroatoms. The molecule has 4 rings (SSSR count). The summed E-state index contributed by atoms with van der Waals surface area (Å²) in [6.45, 7) is 1.40. The normalized spacial score (nSPS) is 15.6. The van der Waals surface area contributed by atoms with Crippen LogP contribution in [0.2, 0.25) is 0 Å². The second kappa shape index (κ2) is 8.10. The predicted octanol–water partition coefficient (Wildman–Crippen LogP) is 2.73. The second-order valence-electron chi connectivity index (χ2n) is 7.52. The van der Waals surface area contributed by atoms with Gasteiger partial charge in [0.15, 0.2) is 6.10 Å². The van der Waals surface area contributed by atoms with E-state index in [-0.39, 0.29) is 13.0 Å². The first-order valence-corrected chi connectivity index (χ1v) is 10.0. The van der Waals surface area contributed by atoms with Gasteiger partial charge in [-0.15, -0.1) is 0 Å². The van der Waals surface area contributed by atoms with Crippen LogP contribution in [0.25, 0.3) is 0 Å². The summed E-state index contributed by atoms with van der Waals surface area (Å²) < 4.78 is 5.18. The zero-order valence-electron chi connectivity index (χ0n) is 16.6. The van der Waals surface area contributed by atoms with Crippen LogP contribution < -0.4 is 5.32 Å². The highest BCUT2D eigenvalue weighted by Crippen LogP contribution is 2.25. The summed E-state index contributed by atoms with van der Waals surface area (Å²) in [7, 11) is 0. The summed E-state index contributed by atoms with van der Waals surface area (Å²) in [5, 5.41) is 2.77. The van der Waals surface area contributed by atoms with Crippen LogP contribution in [0.5, 0.6) is 0 Å². The number of nitrogens with zero attached hydrogens (tertiary/aromatic N) is 1. The molecule has 154 valence electrons. The number of rotatable bonds is 6. The number of aryl methyl sites for hydroxylation is 2. The van der Waals surface area contributed by atoms with Gasteiger partial charge in [-0.2, -0.15) is 0 Å². The smallest absolute Gasteiger partial charge is 0.308 e. The molecule has 7 nitrogen and oxygen atoms in total. The minimum atomic E-state index is -0.993. The van der Waals surface area contributed by atoms with E-state index >= 15 is 0 Å². The summed E-state index contributed by atoms with van der Waals surface area (Å²) in [5.74, 6) is -1.93. The second-order valence-corrected chi connectivity index (χ2v) is 7.52. The lowest BCUT2D eigenvalue weighted by Crippen LogP contribution is -2.34. The van der Waals surface area contributed by atoms with Crippen LogP contribution in [0, 0.1) is 0 Å². The maximum atomic E-state index is 12.4. The molecule has 2 aromatic carbocycles. The van der Waals surface area contributed by atoms with E-state index < -0.39 is 29.8 Å². The van der Waals surface area contributed by atoms with Gasteiger partial charge in [-0.1, -0.05) is 18.2 Å². The number of hydrogen-bond acceptors (Lipinski definition) is 5. The average molecular weight is 406 g/mol. The maximum Gasteiger partial charge on any atom is 0.308 e. The lowest BCUT2D eigenvalue weighted by Gasteiger charge is -2.16. The minimum absolute atomic E-state index is 0.0929. The molecule has 0 unspecified atom stereocenters. The van der Waals surface area contributed by atoms with Crippen molar-refractivity contribution in [3.63, 3.8) is 0 Å². The van der Waals surface area contributed by atoms with E-state index in [0.29, 0.717) is 16.8 Å². The summed E-state index contributed by atoms with van der Waals surface area (Å²) in [6.07, 6.45) is 2.01. The Morgan fingerprint density at radius 3 is 2.40 bits per heavy atom. The first kappa shape index (κ1) is 19.8. The Hall–Kier alpha value is -3.48. The molecule has 0 radical (unpaired) electrons. The van der Waals surface area contributed by atoms with Gasteiger partial charge in [0.05, 0.1) is 17.5 Å². The monoisotopic (exact) mass is 406 g/mol. The molecule has 0 fully saturated rings. The van der Waals surface area contributed by atoms with Crippen molar-refractivity contribution in [2.24, 2.45) is 0 Å². The number of carbonyl (C=O) groups is 4. The van der Waals surface area contributed by atoms with Crippen molar-refractivity contribution in [2.45, 2.75) is 38.7 Å². The number of imide groups is 1. The number of nitrogens with one attached hydrogen (secondary N) is 1. The van der Waals surface area contributed by atoms with Crippen molar-refractivity contribution >= 4 is 29.4 Å². The average Bonchev–Trinajstić information content (AvgIpc) is 3.29. The summed E-state index contributed by atoms with van der Waals surface area (Å²) >= 11 is 0. The molecule has 0 bridgehead atoms. The SMILES string of the molecule is C[C@@H](OC(=O)CCN1C(=O)c2ccccc2C1=O)C(=O)Nc1ccc2c(c1)CCC2. The third-order valence-electron chi connectivity index (χ3n) is 5.46. The van der Waals surface area contributed by atoms with E-state index in [9.17, 15) is 19.2 Å². The van der Waals surface area contributed by atoms with Crippen molar-refractivity contribution in [1.82, 2.24) is 4.90 Å². The Kier molecular flexibility index (Phi) is 5.35. The zero-order chi connectivity index (χ0) is 21.3. The molecule has 1 aliphatic carbocycles. The van der Waals surface area contributed by atoms with Crippen LogP contribution in [0.3, 0.4) is 0 Å². The van der Waals surface area contributed by atoms with Gasteiger partial charge in [0.1, 0.15) is 0 Å². The number of fused-ring (bicyclic) bond motifs is 2. The Morgan fingerprint density at radius 2 is 1.70 bits per heavy atom. The lowest BCUT2D eigenvalue weighted by molar-refractivity contribution is -0.153. The van der Waals surface area contributed by atoms with Crippen molar-refractivity contribution in [3.8, 4) is 0 Å². The Morgan fingerprint density at radius 1 is 1.03 bits per heavy atom. The number of amides is 3. The summed E-state index contributed by atoms with van der Waals surface area (Å²) in [6, 6.07) is 12.3. The van der Waals surface area contributed by atoms with Crippen LogP contribution in [0.15, 0.2) is 42.5 Å². The molecule has 1 N–H and O–H groups in total. The molecule has 30 heavy (non-hydrogen) atoms. The highest BCUT2D eigenvalue weighted by Gasteiger charge is 2.35. The number of esters is 1. The minimum Gasteiger partial charge on any atom is -0.452 e. The summed E-state index contributed by atoms with van der Waals surface area (Å²) in [5.41, 5.74) is 3.88. The molecule has 0 aromatic heterocycles. The van der Waals surface area contributed by atoms with Gasteiger partial charge in [-0.05, 0) is 61.6 Å². The number of carbonyl (C=O) groups excluding carboxylic acids is 4. The van der Waals surface area contributed by atoms with E-state index in [2.05, 4.69) is 5.32 Å². The summed E-state index contributed by atoms with van der Waals surface area (Å²) in [4.78, 5) is 50.2. The molecule has 1 heterocycles. The fourth-order valence-electron chi connectivity index (χ4n) is 3.85. The molecular formula is C23H22N2O5. The van der Waals surface area contributed by atoms with Gasteiger partial charge < -0.3 is 10.1 Å². The van der Waals surface area contributed by atoms with Crippen LogP contribution in [-0.4, -0.2) is 41.2 Å². The van der Waals surface area contributed by atoms with Crippen molar-refractivity contribution in [1.29, 1.82) is 0 Å². The van der Waals surface area contributed by atoms with Gasteiger partial charge in [-0.3, -0.25) is 24.1 Å². The van der Waals surface area contributed by atoms with E-state index in [1.807, 2.05) is 18.2 Å². The Labute approximate surface area is 174 Å². The topological polar surface area (TPSA) is 92.8 Å². The highest BCUT2D eigenvalue weighted by atomic mass is 16.5. The van der Waals surface area contributed by atoms with Gasteiger partial charge >= 0.3 is 5.97 Å². The quantitative estimate of drug-likeness (QED) is 0.588. The Bertz CT molecular complexity index is 1010. The fraction of sp³-hybridized carbons (Fsp3) is 0.304. The van der Waals surface area contributed by atoms with Crippen LogP contribution in [-0.2, 0) is 27.2 Å². The molecule has 3 amide bonds. The zero-order valence-corrected chi connectivity index (χ0v) is 16.6. The number of ether oxygens (including phenoxy) is 1. The molecule has 1 atom stereocenters. The highest BCUT2D eigenvalue weighted by molar-refractivity contribution is 6.21. The van der Waals surface area contributed by atoms with Crippen molar-refractivity contribution in [2.75, 3.05) is 11.9 Å². The van der Waals surface area contributed by atoms with Crippen LogP contribution in [0.4, 0.5) is 5.69 Å². The van der Waals surface area contributed by atoms with Crippen LogP contribution >= 0.6 is 0 Å². The van der Waals surface area contributed by atoms with E-state index in [0.717, 1.165) is 24.2 Å². The fourth-order valence-corrected chi connectivity index (χ4v) is 3.85. The third kappa shape index (κ3) is 3.83. The predicted molar refractivity (Wildman–Crippen MR) is 109 cm³/mol. The maximum absolute atomic E-state index is 12.4. The molecular weight excluding hydrogens is 384 g/mol. The lowest BCUT2D eigenvalue weighted by atomic mass is 10.1. The molecule has 0 saturated heterocycles. The number of anilines is 1. The molecule has 1 aliphatic heterocycles. The van der Waals surface area contributed by atoms with Crippen molar-refractivity contribution in [3.05, 3.63) is 64.7 Å². The van der Waals surface area contributed by atoms with Gasteiger partial charge in [0.25, 0.3) is 17.7 Å². The molecule has 2 aromatic rings. The van der Waals surface area contributed by atoms with Crippen LogP contribution in [0.1, 0.15) is 51.6 Å². The van der Waals surface area contributed by atoms with Crippen molar-refractivity contribution < 1.29 is 23.9 Å². The Balaban J connectivity index is 1.28. The molecule has 0 spiro atoms. The van der Waals surface area contributed by atoms with E-state index in [1.54, 1.807) is 24.3 Å². The number of benzene rings is 2. The first-order chi connectivity index (χ1) is 14.4. The van der Waals surface area contributed by atoms with Gasteiger partial charge in [0, 0.05) is 12.2 Å². The molecule has 2 aliphatic rings. The van der Waals surface area contributed by atoms with Gasteiger partial charge in [-0.25, -0.2) is 0 Å². The van der Waals surface area contributed by atoms with E-state index in [4.69, 9.17) is 4.74 Å². The van der Waals surface area contributed by atoms with Gasteiger partial charge in [0.2, 0.25) is 0 Å². The number of hydrogen-bond donors (Lipinski definition) is 1. The van der Waals surface area contributed by atoms with E-state index in [1.165, 1.54) is 18.1 Å². The first-order valence-electron chi connectivity index (χ1n) is 10.0. The largest absolute Gasteiger partial charge is 0.452 e. The standard InChI is InChI=1S/C23H22N2O5/c1-14(21(27)24-17-10-9-15-5-4-6-16(15)13-17)30-20(26)11-12-25-22(28)18-7-2-3-8-19(18)23(25)29/h2-3,7-10,13-14H,4-6,11-12H2,1H3,(H,24,27)/t14-/m1/s1.